The Labute approximate surface area is 161 Å². The van der Waals surface area contributed by atoms with Gasteiger partial charge in [0.25, 0.3) is 0 Å². The van der Waals surface area contributed by atoms with E-state index in [9.17, 15) is 13.2 Å². The van der Waals surface area contributed by atoms with Crippen molar-refractivity contribution < 1.29 is 17.9 Å². The second-order valence-corrected chi connectivity index (χ2v) is 7.48. The highest BCUT2D eigenvalue weighted by molar-refractivity contribution is 7.80. The molecule has 2 atom stereocenters. The number of anilines is 1. The summed E-state index contributed by atoms with van der Waals surface area (Å²) >= 11 is 5.52. The Bertz CT molecular complexity index is 914. The zero-order valence-corrected chi connectivity index (χ0v) is 15.7. The first-order valence-corrected chi connectivity index (χ1v) is 9.22. The van der Waals surface area contributed by atoms with Crippen LogP contribution in [-0.4, -0.2) is 10.8 Å². The van der Waals surface area contributed by atoms with E-state index in [1.54, 1.807) is 11.0 Å². The number of rotatable bonds is 2. The quantitative estimate of drug-likeness (QED) is 0.710. The van der Waals surface area contributed by atoms with Gasteiger partial charge in [0, 0.05) is 17.7 Å². The summed E-state index contributed by atoms with van der Waals surface area (Å²) in [4.78, 5) is 1.64. The number of thiocarbonyl (C=S) groups is 1. The summed E-state index contributed by atoms with van der Waals surface area (Å²) in [5.74, 6) is 0.734. The van der Waals surface area contributed by atoms with Crippen LogP contribution in [0.3, 0.4) is 0 Å². The molecule has 2 aromatic carbocycles. The number of hydrogen-bond acceptors (Lipinski definition) is 2. The molecule has 1 saturated heterocycles. The van der Waals surface area contributed by atoms with Crippen molar-refractivity contribution in [3.05, 3.63) is 59.2 Å². The second-order valence-electron chi connectivity index (χ2n) is 7.09. The molecule has 142 valence electrons. The number of benzene rings is 2. The van der Waals surface area contributed by atoms with Gasteiger partial charge in [0.1, 0.15) is 5.75 Å². The topological polar surface area (TPSA) is 24.5 Å². The first kappa shape index (κ1) is 18.1. The smallest absolute Gasteiger partial charge is 0.416 e. The van der Waals surface area contributed by atoms with Crippen molar-refractivity contribution in [3.63, 3.8) is 0 Å². The van der Waals surface area contributed by atoms with Crippen LogP contribution in [0.1, 0.15) is 43.0 Å². The van der Waals surface area contributed by atoms with E-state index in [0.29, 0.717) is 17.2 Å². The van der Waals surface area contributed by atoms with Gasteiger partial charge in [-0.3, -0.25) is 4.90 Å². The Kier molecular flexibility index (Phi) is 4.10. The third kappa shape index (κ3) is 3.04. The highest BCUT2D eigenvalue weighted by atomic mass is 32.1. The molecule has 2 aliphatic heterocycles. The first-order chi connectivity index (χ1) is 12.7. The Morgan fingerprint density at radius 3 is 2.74 bits per heavy atom. The number of fused-ring (bicyclic) bond motifs is 4. The van der Waals surface area contributed by atoms with Gasteiger partial charge in [0.15, 0.2) is 10.8 Å². The highest BCUT2D eigenvalue weighted by Crippen LogP contribution is 2.46. The van der Waals surface area contributed by atoms with Crippen LogP contribution in [0.5, 0.6) is 5.75 Å². The molecule has 0 saturated carbocycles. The fourth-order valence-electron chi connectivity index (χ4n) is 3.86. The van der Waals surface area contributed by atoms with Crippen LogP contribution in [0.4, 0.5) is 18.9 Å². The van der Waals surface area contributed by atoms with E-state index in [0.717, 1.165) is 29.9 Å². The lowest BCUT2D eigenvalue weighted by Crippen LogP contribution is -2.65. The second kappa shape index (κ2) is 6.12. The lowest BCUT2D eigenvalue weighted by molar-refractivity contribution is -0.137. The van der Waals surface area contributed by atoms with E-state index in [-0.39, 0.29) is 6.04 Å². The molecule has 0 radical (unpaired) electrons. The summed E-state index contributed by atoms with van der Waals surface area (Å²) in [6.07, 6.45) is -2.93. The molecule has 27 heavy (non-hydrogen) atoms. The molecule has 2 heterocycles. The van der Waals surface area contributed by atoms with Crippen LogP contribution in [0.25, 0.3) is 0 Å². The average Bonchev–Trinajstić information content (AvgIpc) is 2.60. The van der Waals surface area contributed by atoms with Crippen molar-refractivity contribution in [1.29, 1.82) is 0 Å². The van der Waals surface area contributed by atoms with Gasteiger partial charge in [-0.2, -0.15) is 13.2 Å². The Hall–Kier alpha value is -2.28. The third-order valence-electron chi connectivity index (χ3n) is 5.18. The molecule has 3 nitrogen and oxygen atoms in total. The summed E-state index contributed by atoms with van der Waals surface area (Å²) < 4.78 is 45.7. The molecule has 2 aliphatic rings. The maximum Gasteiger partial charge on any atom is 0.416 e. The van der Waals surface area contributed by atoms with Gasteiger partial charge in [-0.25, -0.2) is 0 Å². The Morgan fingerprint density at radius 1 is 1.26 bits per heavy atom. The minimum Gasteiger partial charge on any atom is -0.467 e. The van der Waals surface area contributed by atoms with Crippen molar-refractivity contribution in [2.45, 2.75) is 44.6 Å². The van der Waals surface area contributed by atoms with Gasteiger partial charge in [-0.1, -0.05) is 25.1 Å². The van der Waals surface area contributed by atoms with Crippen LogP contribution >= 0.6 is 12.2 Å². The fourth-order valence-corrected chi connectivity index (χ4v) is 4.30. The van der Waals surface area contributed by atoms with Crippen molar-refractivity contribution >= 4 is 23.0 Å². The van der Waals surface area contributed by atoms with Crippen LogP contribution in [0, 0.1) is 0 Å². The maximum absolute atomic E-state index is 13.2. The van der Waals surface area contributed by atoms with Crippen LogP contribution in [-0.2, 0) is 12.6 Å². The van der Waals surface area contributed by atoms with Crippen LogP contribution in [0.2, 0.25) is 0 Å². The van der Waals surface area contributed by atoms with E-state index in [4.69, 9.17) is 17.0 Å². The summed E-state index contributed by atoms with van der Waals surface area (Å²) in [6.45, 7) is 3.95. The molecule has 2 aromatic rings. The molecule has 0 amide bonds. The zero-order chi connectivity index (χ0) is 19.4. The average molecular weight is 392 g/mol. The van der Waals surface area contributed by atoms with Gasteiger partial charge in [-0.05, 0) is 55.4 Å². The molecule has 1 fully saturated rings. The molecular formula is C20H19F3N2OS. The third-order valence-corrected chi connectivity index (χ3v) is 5.48. The largest absolute Gasteiger partial charge is 0.467 e. The van der Waals surface area contributed by atoms with E-state index >= 15 is 0 Å². The van der Waals surface area contributed by atoms with Gasteiger partial charge in [0.2, 0.25) is 0 Å². The number of ether oxygens (including phenoxy) is 1. The Morgan fingerprint density at radius 2 is 2.04 bits per heavy atom. The van der Waals surface area contributed by atoms with Crippen LogP contribution < -0.4 is 15.0 Å². The van der Waals surface area contributed by atoms with Gasteiger partial charge < -0.3 is 10.1 Å². The number of nitrogens with zero attached hydrogens (tertiary/aromatic N) is 1. The minimum atomic E-state index is -4.42. The number of halogens is 3. The van der Waals surface area contributed by atoms with E-state index in [2.05, 4.69) is 18.3 Å². The summed E-state index contributed by atoms with van der Waals surface area (Å²) in [6, 6.07) is 11.2. The molecule has 4 rings (SSSR count). The highest BCUT2D eigenvalue weighted by Gasteiger charge is 2.48. The number of aryl methyl sites for hydroxylation is 1. The summed E-state index contributed by atoms with van der Waals surface area (Å²) in [5, 5.41) is 3.65. The van der Waals surface area contributed by atoms with E-state index in [1.807, 2.05) is 19.1 Å². The van der Waals surface area contributed by atoms with Crippen molar-refractivity contribution in [3.8, 4) is 5.75 Å². The van der Waals surface area contributed by atoms with E-state index in [1.165, 1.54) is 11.6 Å². The summed E-state index contributed by atoms with van der Waals surface area (Å²) in [5.41, 5.74) is 1.03. The molecule has 0 aliphatic carbocycles. The predicted octanol–water partition coefficient (Wildman–Crippen LogP) is 5.20. The van der Waals surface area contributed by atoms with Crippen molar-refractivity contribution in [2.24, 2.45) is 0 Å². The summed E-state index contributed by atoms with van der Waals surface area (Å²) in [7, 11) is 0. The first-order valence-electron chi connectivity index (χ1n) is 8.81. The standard InChI is InChI=1S/C20H19F3N2OS/c1-3-12-7-8-17-15(9-12)16-11-19(2,26-17)25(18(27)24-16)14-6-4-5-13(10-14)20(21,22)23/h4-10,16H,3,11H2,1-2H3,(H,24,27). The number of hydrogen-bond donors (Lipinski definition) is 1. The molecule has 0 aromatic heterocycles. The zero-order valence-electron chi connectivity index (χ0n) is 14.9. The molecular weight excluding hydrogens is 373 g/mol. The van der Waals surface area contributed by atoms with E-state index < -0.39 is 17.5 Å². The SMILES string of the molecule is CCc1ccc2c(c1)C1CC(C)(O2)N(c2cccc(C(F)(F)F)c2)C(=S)N1. The number of alkyl halides is 3. The lowest BCUT2D eigenvalue weighted by atomic mass is 9.89. The van der Waals surface area contributed by atoms with Crippen molar-refractivity contribution in [2.75, 3.05) is 4.90 Å². The monoisotopic (exact) mass is 392 g/mol. The molecule has 2 bridgehead atoms. The Balaban J connectivity index is 1.76. The minimum absolute atomic E-state index is 0.0280. The fraction of sp³-hybridized carbons (Fsp3) is 0.350. The van der Waals surface area contributed by atoms with Gasteiger partial charge in [-0.15, -0.1) is 0 Å². The van der Waals surface area contributed by atoms with Crippen molar-refractivity contribution in [1.82, 2.24) is 5.32 Å². The van der Waals surface area contributed by atoms with Gasteiger partial charge in [0.05, 0.1) is 11.6 Å². The molecule has 2 unspecified atom stereocenters. The maximum atomic E-state index is 13.2. The number of nitrogens with one attached hydrogen (secondary N) is 1. The molecule has 1 N–H and O–H groups in total. The normalized spacial score (nSPS) is 24.1. The molecule has 0 spiro atoms. The lowest BCUT2D eigenvalue weighted by Gasteiger charge is -2.52. The van der Waals surface area contributed by atoms with Gasteiger partial charge >= 0.3 is 6.18 Å². The molecule has 7 heteroatoms. The van der Waals surface area contributed by atoms with Crippen LogP contribution in [0.15, 0.2) is 42.5 Å². The predicted molar refractivity (Wildman–Crippen MR) is 102 cm³/mol.